The lowest BCUT2D eigenvalue weighted by molar-refractivity contribution is 0.400. The topological polar surface area (TPSA) is 55.5 Å². The fourth-order valence-electron chi connectivity index (χ4n) is 1.60. The van der Waals surface area contributed by atoms with E-state index < -0.39 is 0 Å². The van der Waals surface area contributed by atoms with Crippen molar-refractivity contribution in [1.82, 2.24) is 0 Å². The number of phenols is 1. The largest absolute Gasteiger partial charge is 0.508 e. The molecular weight excluding hydrogens is 178 g/mol. The van der Waals surface area contributed by atoms with Gasteiger partial charge in [-0.25, -0.2) is 0 Å². The van der Waals surface area contributed by atoms with Gasteiger partial charge in [0.2, 0.25) is 0 Å². The molecule has 0 spiro atoms. The lowest BCUT2D eigenvalue weighted by Crippen LogP contribution is -2.24. The van der Waals surface area contributed by atoms with Crippen molar-refractivity contribution in [2.75, 3.05) is 7.11 Å². The number of hydrogen-bond acceptors (Lipinski definition) is 3. The molecule has 1 saturated carbocycles. The second-order valence-corrected chi connectivity index (χ2v) is 4.04. The number of aromatic hydroxyl groups is 1. The monoisotopic (exact) mass is 193 g/mol. The summed E-state index contributed by atoms with van der Waals surface area (Å²) in [6.45, 7) is 0. The van der Waals surface area contributed by atoms with Crippen LogP contribution < -0.4 is 10.5 Å². The number of hydrogen-bond donors (Lipinski definition) is 2. The van der Waals surface area contributed by atoms with Crippen LogP contribution in [0.1, 0.15) is 18.4 Å². The van der Waals surface area contributed by atoms with Gasteiger partial charge in [-0.05, 0) is 30.9 Å². The maximum Gasteiger partial charge on any atom is 0.125 e. The van der Waals surface area contributed by atoms with Gasteiger partial charge in [-0.15, -0.1) is 0 Å². The highest BCUT2D eigenvalue weighted by molar-refractivity contribution is 5.41. The van der Waals surface area contributed by atoms with E-state index >= 15 is 0 Å². The first-order valence-electron chi connectivity index (χ1n) is 4.78. The zero-order valence-corrected chi connectivity index (χ0v) is 8.29. The Hall–Kier alpha value is -1.22. The maximum atomic E-state index is 9.27. The van der Waals surface area contributed by atoms with Crippen molar-refractivity contribution >= 4 is 0 Å². The first-order chi connectivity index (χ1) is 6.63. The van der Waals surface area contributed by atoms with Crippen molar-refractivity contribution in [2.24, 2.45) is 5.73 Å². The second kappa shape index (κ2) is 3.17. The molecule has 0 unspecified atom stereocenters. The van der Waals surface area contributed by atoms with E-state index in [4.69, 9.17) is 10.5 Å². The normalized spacial score (nSPS) is 17.9. The standard InChI is InChI=1S/C11H15NO2/c1-14-10-6-9(13)3-2-8(10)7-11(12)4-5-11/h2-3,6,13H,4-5,7,12H2,1H3. The van der Waals surface area contributed by atoms with Crippen molar-refractivity contribution in [3.05, 3.63) is 23.8 Å². The van der Waals surface area contributed by atoms with Gasteiger partial charge >= 0.3 is 0 Å². The summed E-state index contributed by atoms with van der Waals surface area (Å²) in [6, 6.07) is 5.17. The Labute approximate surface area is 83.5 Å². The summed E-state index contributed by atoms with van der Waals surface area (Å²) < 4.78 is 5.18. The smallest absolute Gasteiger partial charge is 0.125 e. The van der Waals surface area contributed by atoms with Gasteiger partial charge in [-0.3, -0.25) is 0 Å². The molecule has 0 bridgehead atoms. The van der Waals surface area contributed by atoms with Crippen molar-refractivity contribution < 1.29 is 9.84 Å². The Balaban J connectivity index is 2.23. The molecule has 14 heavy (non-hydrogen) atoms. The van der Waals surface area contributed by atoms with Gasteiger partial charge in [0.05, 0.1) is 7.11 Å². The van der Waals surface area contributed by atoms with Crippen LogP contribution in [0.3, 0.4) is 0 Å². The minimum absolute atomic E-state index is 0.0236. The van der Waals surface area contributed by atoms with Gasteiger partial charge in [0.25, 0.3) is 0 Å². The molecule has 1 aromatic carbocycles. The summed E-state index contributed by atoms with van der Waals surface area (Å²) in [4.78, 5) is 0. The van der Waals surface area contributed by atoms with Crippen LogP contribution in [0.15, 0.2) is 18.2 Å². The van der Waals surface area contributed by atoms with E-state index in [-0.39, 0.29) is 11.3 Å². The van der Waals surface area contributed by atoms with E-state index in [9.17, 15) is 5.11 Å². The second-order valence-electron chi connectivity index (χ2n) is 4.04. The summed E-state index contributed by atoms with van der Waals surface area (Å²) in [5, 5.41) is 9.27. The lowest BCUT2D eigenvalue weighted by Gasteiger charge is -2.12. The summed E-state index contributed by atoms with van der Waals surface area (Å²) in [6.07, 6.45) is 2.99. The van der Waals surface area contributed by atoms with E-state index in [1.54, 1.807) is 19.2 Å². The predicted octanol–water partition coefficient (Wildman–Crippen LogP) is 1.43. The van der Waals surface area contributed by atoms with Gasteiger partial charge in [-0.1, -0.05) is 6.07 Å². The van der Waals surface area contributed by atoms with Crippen LogP contribution in [0.5, 0.6) is 11.5 Å². The molecule has 3 heteroatoms. The van der Waals surface area contributed by atoms with Crippen LogP contribution in [-0.2, 0) is 6.42 Å². The molecule has 0 radical (unpaired) electrons. The van der Waals surface area contributed by atoms with Gasteiger partial charge in [-0.2, -0.15) is 0 Å². The number of methoxy groups -OCH3 is 1. The Morgan fingerprint density at radius 2 is 2.21 bits per heavy atom. The fraction of sp³-hybridized carbons (Fsp3) is 0.455. The Bertz CT molecular complexity index is 345. The summed E-state index contributed by atoms with van der Waals surface area (Å²) in [7, 11) is 1.61. The van der Waals surface area contributed by atoms with Gasteiger partial charge in [0.1, 0.15) is 11.5 Å². The van der Waals surface area contributed by atoms with Gasteiger partial charge < -0.3 is 15.6 Å². The Morgan fingerprint density at radius 1 is 1.50 bits per heavy atom. The van der Waals surface area contributed by atoms with Crippen LogP contribution in [0.2, 0.25) is 0 Å². The third kappa shape index (κ3) is 1.82. The van der Waals surface area contributed by atoms with Crippen molar-refractivity contribution in [2.45, 2.75) is 24.8 Å². The molecule has 0 amide bonds. The zero-order chi connectivity index (χ0) is 10.2. The number of benzene rings is 1. The van der Waals surface area contributed by atoms with Gasteiger partial charge in [0.15, 0.2) is 0 Å². The van der Waals surface area contributed by atoms with Crippen LogP contribution >= 0.6 is 0 Å². The Kier molecular flexibility index (Phi) is 2.11. The molecular formula is C11H15NO2. The van der Waals surface area contributed by atoms with Crippen LogP contribution in [-0.4, -0.2) is 17.8 Å². The number of ether oxygens (including phenoxy) is 1. The third-order valence-electron chi connectivity index (χ3n) is 2.71. The lowest BCUT2D eigenvalue weighted by atomic mass is 10.0. The third-order valence-corrected chi connectivity index (χ3v) is 2.71. The average Bonchev–Trinajstić information content (AvgIpc) is 2.87. The fourth-order valence-corrected chi connectivity index (χ4v) is 1.60. The number of phenolic OH excluding ortho intramolecular Hbond substituents is 1. The van der Waals surface area contributed by atoms with Crippen LogP contribution in [0.4, 0.5) is 0 Å². The maximum absolute atomic E-state index is 9.27. The summed E-state index contributed by atoms with van der Waals surface area (Å²) in [5.41, 5.74) is 7.07. The molecule has 1 aliphatic rings. The molecule has 1 fully saturated rings. The summed E-state index contributed by atoms with van der Waals surface area (Å²) in [5.74, 6) is 0.953. The molecule has 0 aliphatic heterocycles. The molecule has 3 nitrogen and oxygen atoms in total. The predicted molar refractivity (Wildman–Crippen MR) is 54.5 cm³/mol. The van der Waals surface area contributed by atoms with Crippen LogP contribution in [0.25, 0.3) is 0 Å². The van der Waals surface area contributed by atoms with Crippen molar-refractivity contribution in [1.29, 1.82) is 0 Å². The SMILES string of the molecule is COc1cc(O)ccc1CC1(N)CC1. The molecule has 2 rings (SSSR count). The molecule has 1 aliphatic carbocycles. The molecule has 1 aromatic rings. The van der Waals surface area contributed by atoms with E-state index in [0.29, 0.717) is 0 Å². The van der Waals surface area contributed by atoms with Crippen molar-refractivity contribution in [3.8, 4) is 11.5 Å². The van der Waals surface area contributed by atoms with Crippen LogP contribution in [0, 0.1) is 0 Å². The number of rotatable bonds is 3. The average molecular weight is 193 g/mol. The minimum Gasteiger partial charge on any atom is -0.508 e. The first kappa shape index (κ1) is 9.34. The molecule has 0 heterocycles. The highest BCUT2D eigenvalue weighted by Gasteiger charge is 2.38. The van der Waals surface area contributed by atoms with E-state index in [2.05, 4.69) is 0 Å². The molecule has 0 atom stereocenters. The molecule has 76 valence electrons. The Morgan fingerprint density at radius 3 is 2.79 bits per heavy atom. The van der Waals surface area contributed by atoms with Gasteiger partial charge in [0, 0.05) is 11.6 Å². The highest BCUT2D eigenvalue weighted by Crippen LogP contribution is 2.38. The summed E-state index contributed by atoms with van der Waals surface area (Å²) >= 11 is 0. The van der Waals surface area contributed by atoms with E-state index in [0.717, 1.165) is 30.6 Å². The quantitative estimate of drug-likeness (QED) is 0.763. The first-order valence-corrected chi connectivity index (χ1v) is 4.78. The van der Waals surface area contributed by atoms with E-state index in [1.807, 2.05) is 6.07 Å². The highest BCUT2D eigenvalue weighted by atomic mass is 16.5. The minimum atomic E-state index is -0.0236. The van der Waals surface area contributed by atoms with Crippen molar-refractivity contribution in [3.63, 3.8) is 0 Å². The molecule has 0 aromatic heterocycles. The number of nitrogens with two attached hydrogens (primary N) is 1. The van der Waals surface area contributed by atoms with E-state index in [1.165, 1.54) is 0 Å². The zero-order valence-electron chi connectivity index (χ0n) is 8.29. The molecule has 3 N–H and O–H groups in total. The molecule has 0 saturated heterocycles.